The molecule has 4 rings (SSSR count). The molecule has 1 aliphatic carbocycles. The summed E-state index contributed by atoms with van der Waals surface area (Å²) in [7, 11) is 1.80. The Kier molecular flexibility index (Phi) is 4.99. The van der Waals surface area contributed by atoms with E-state index in [1.54, 1.807) is 24.1 Å². The number of para-hydroxylation sites is 1. The number of aromatic nitrogens is 1. The Morgan fingerprint density at radius 3 is 2.78 bits per heavy atom. The van der Waals surface area contributed by atoms with Crippen LogP contribution in [0.25, 0.3) is 10.9 Å². The monoisotopic (exact) mass is 380 g/mol. The Morgan fingerprint density at radius 2 is 2.00 bits per heavy atom. The maximum absolute atomic E-state index is 13.1. The molecule has 1 fully saturated rings. The van der Waals surface area contributed by atoms with Gasteiger partial charge in [-0.1, -0.05) is 35.9 Å². The van der Waals surface area contributed by atoms with Crippen molar-refractivity contribution in [3.63, 3.8) is 0 Å². The van der Waals surface area contributed by atoms with Crippen molar-refractivity contribution < 1.29 is 9.53 Å². The third-order valence-electron chi connectivity index (χ3n) is 4.80. The Labute approximate surface area is 163 Å². The SMILES string of the molecule is CN(CCOc1cccc(Cl)c1)C(=O)c1cc(C2CC2)nc2ccccc12. The highest BCUT2D eigenvalue weighted by Gasteiger charge is 2.27. The van der Waals surface area contributed by atoms with Gasteiger partial charge >= 0.3 is 0 Å². The summed E-state index contributed by atoms with van der Waals surface area (Å²) in [5.41, 5.74) is 2.63. The van der Waals surface area contributed by atoms with Gasteiger partial charge in [0.15, 0.2) is 0 Å². The smallest absolute Gasteiger partial charge is 0.254 e. The number of hydrogen-bond acceptors (Lipinski definition) is 3. The van der Waals surface area contributed by atoms with Crippen molar-refractivity contribution in [2.24, 2.45) is 0 Å². The molecule has 0 radical (unpaired) electrons. The second-order valence-electron chi connectivity index (χ2n) is 6.92. The summed E-state index contributed by atoms with van der Waals surface area (Å²) in [6, 6.07) is 17.1. The standard InChI is InChI=1S/C22H21ClN2O2/c1-25(11-12-27-17-6-4-5-16(23)13-17)22(26)19-14-21(15-9-10-15)24-20-8-3-2-7-18(19)20/h2-8,13-15H,9-12H2,1H3. The lowest BCUT2D eigenvalue weighted by atomic mass is 10.0. The van der Waals surface area contributed by atoms with Gasteiger partial charge in [-0.2, -0.15) is 0 Å². The van der Waals surface area contributed by atoms with Crippen LogP contribution in [0.2, 0.25) is 5.02 Å². The molecule has 0 unspecified atom stereocenters. The second kappa shape index (κ2) is 7.57. The Morgan fingerprint density at radius 1 is 1.19 bits per heavy atom. The normalized spacial score (nSPS) is 13.6. The molecule has 1 saturated carbocycles. The van der Waals surface area contributed by atoms with Crippen LogP contribution in [0.15, 0.2) is 54.6 Å². The largest absolute Gasteiger partial charge is 0.492 e. The van der Waals surface area contributed by atoms with Gasteiger partial charge in [-0.15, -0.1) is 0 Å². The van der Waals surface area contributed by atoms with Crippen LogP contribution in [0.1, 0.15) is 34.8 Å². The maximum Gasteiger partial charge on any atom is 0.254 e. The maximum atomic E-state index is 13.1. The van der Waals surface area contributed by atoms with Gasteiger partial charge < -0.3 is 9.64 Å². The molecule has 2 aromatic carbocycles. The van der Waals surface area contributed by atoms with Gasteiger partial charge in [0.05, 0.1) is 17.6 Å². The lowest BCUT2D eigenvalue weighted by Gasteiger charge is -2.19. The van der Waals surface area contributed by atoms with E-state index in [4.69, 9.17) is 21.3 Å². The molecule has 27 heavy (non-hydrogen) atoms. The third-order valence-corrected chi connectivity index (χ3v) is 5.04. The van der Waals surface area contributed by atoms with Crippen LogP contribution in [-0.4, -0.2) is 36.0 Å². The average molecular weight is 381 g/mol. The van der Waals surface area contributed by atoms with Crippen molar-refractivity contribution in [3.8, 4) is 5.75 Å². The fourth-order valence-electron chi connectivity index (χ4n) is 3.13. The first-order valence-corrected chi connectivity index (χ1v) is 9.53. The van der Waals surface area contributed by atoms with E-state index >= 15 is 0 Å². The van der Waals surface area contributed by atoms with Gasteiger partial charge in [0.25, 0.3) is 5.91 Å². The highest BCUT2D eigenvalue weighted by atomic mass is 35.5. The second-order valence-corrected chi connectivity index (χ2v) is 7.36. The van der Waals surface area contributed by atoms with E-state index in [1.807, 2.05) is 42.5 Å². The summed E-state index contributed by atoms with van der Waals surface area (Å²) in [6.07, 6.45) is 2.31. The molecule has 0 atom stereocenters. The van der Waals surface area contributed by atoms with Crippen molar-refractivity contribution in [2.45, 2.75) is 18.8 Å². The van der Waals surface area contributed by atoms with Gasteiger partial charge in [-0.25, -0.2) is 0 Å². The molecule has 0 N–H and O–H groups in total. The van der Waals surface area contributed by atoms with Gasteiger partial charge in [0, 0.05) is 29.1 Å². The number of rotatable bonds is 6. The molecule has 1 aliphatic rings. The number of ether oxygens (including phenoxy) is 1. The van der Waals surface area contributed by atoms with Crippen molar-refractivity contribution in [2.75, 3.05) is 20.2 Å². The first-order chi connectivity index (χ1) is 13.1. The molecule has 138 valence electrons. The number of pyridine rings is 1. The van der Waals surface area contributed by atoms with E-state index in [9.17, 15) is 4.79 Å². The Hall–Kier alpha value is -2.59. The summed E-state index contributed by atoms with van der Waals surface area (Å²) < 4.78 is 5.71. The molecule has 0 spiro atoms. The molecule has 0 aliphatic heterocycles. The number of amides is 1. The lowest BCUT2D eigenvalue weighted by molar-refractivity contribution is 0.0775. The predicted octanol–water partition coefficient (Wildman–Crippen LogP) is 4.92. The predicted molar refractivity (Wildman–Crippen MR) is 108 cm³/mol. The summed E-state index contributed by atoms with van der Waals surface area (Å²) in [5.74, 6) is 1.19. The summed E-state index contributed by atoms with van der Waals surface area (Å²) in [5, 5.41) is 1.53. The van der Waals surface area contributed by atoms with Crippen LogP contribution in [0.5, 0.6) is 5.75 Å². The van der Waals surface area contributed by atoms with Gasteiger partial charge in [-0.05, 0) is 43.2 Å². The average Bonchev–Trinajstić information content (AvgIpc) is 3.52. The number of hydrogen-bond donors (Lipinski definition) is 0. The molecule has 1 heterocycles. The van der Waals surface area contributed by atoms with Crippen molar-refractivity contribution in [1.29, 1.82) is 0 Å². The first kappa shape index (κ1) is 17.8. The Bertz CT molecular complexity index is 985. The van der Waals surface area contributed by atoms with E-state index in [-0.39, 0.29) is 5.91 Å². The van der Waals surface area contributed by atoms with Crippen LogP contribution in [0.4, 0.5) is 0 Å². The van der Waals surface area contributed by atoms with Crippen LogP contribution < -0.4 is 4.74 Å². The minimum absolute atomic E-state index is 0.00908. The Balaban J connectivity index is 1.49. The molecule has 3 aromatic rings. The zero-order chi connectivity index (χ0) is 18.8. The van der Waals surface area contributed by atoms with E-state index in [1.165, 1.54) is 0 Å². The highest BCUT2D eigenvalue weighted by Crippen LogP contribution is 2.40. The molecule has 0 saturated heterocycles. The van der Waals surface area contributed by atoms with Gasteiger partial charge in [0.2, 0.25) is 0 Å². The number of likely N-dealkylation sites (N-methyl/N-ethyl adjacent to an activating group) is 1. The van der Waals surface area contributed by atoms with E-state index in [2.05, 4.69) is 0 Å². The van der Waals surface area contributed by atoms with Crippen LogP contribution >= 0.6 is 11.6 Å². The molecule has 0 bridgehead atoms. The quantitative estimate of drug-likeness (QED) is 0.609. The van der Waals surface area contributed by atoms with Gasteiger partial charge in [-0.3, -0.25) is 9.78 Å². The number of fused-ring (bicyclic) bond motifs is 1. The van der Waals surface area contributed by atoms with E-state index in [0.29, 0.717) is 35.4 Å². The molecule has 5 heteroatoms. The zero-order valence-electron chi connectivity index (χ0n) is 15.2. The lowest BCUT2D eigenvalue weighted by Crippen LogP contribution is -2.31. The van der Waals surface area contributed by atoms with Crippen molar-refractivity contribution >= 4 is 28.4 Å². The fraction of sp³-hybridized carbons (Fsp3) is 0.273. The number of benzene rings is 2. The van der Waals surface area contributed by atoms with Crippen molar-refractivity contribution in [1.82, 2.24) is 9.88 Å². The van der Waals surface area contributed by atoms with E-state index < -0.39 is 0 Å². The number of halogens is 1. The third kappa shape index (κ3) is 4.06. The summed E-state index contributed by atoms with van der Waals surface area (Å²) >= 11 is 5.97. The van der Waals surface area contributed by atoms with Crippen LogP contribution in [0, 0.1) is 0 Å². The topological polar surface area (TPSA) is 42.4 Å². The molecular formula is C22H21ClN2O2. The fourth-order valence-corrected chi connectivity index (χ4v) is 3.31. The van der Waals surface area contributed by atoms with Crippen molar-refractivity contribution in [3.05, 3.63) is 70.9 Å². The molecule has 1 amide bonds. The zero-order valence-corrected chi connectivity index (χ0v) is 15.9. The summed E-state index contributed by atoms with van der Waals surface area (Å²) in [6.45, 7) is 0.891. The minimum Gasteiger partial charge on any atom is -0.492 e. The van der Waals surface area contributed by atoms with Gasteiger partial charge in [0.1, 0.15) is 12.4 Å². The van der Waals surface area contributed by atoms with Crippen LogP contribution in [0.3, 0.4) is 0 Å². The number of carbonyl (C=O) groups is 1. The van der Waals surface area contributed by atoms with Crippen LogP contribution in [-0.2, 0) is 0 Å². The first-order valence-electron chi connectivity index (χ1n) is 9.15. The summed E-state index contributed by atoms with van der Waals surface area (Å²) in [4.78, 5) is 19.5. The molecular weight excluding hydrogens is 360 g/mol. The minimum atomic E-state index is -0.00908. The number of carbonyl (C=O) groups excluding carboxylic acids is 1. The molecule has 4 nitrogen and oxygen atoms in total. The highest BCUT2D eigenvalue weighted by molar-refractivity contribution is 6.30. The van der Waals surface area contributed by atoms with E-state index in [0.717, 1.165) is 29.4 Å². The molecule has 1 aromatic heterocycles. The number of nitrogens with zero attached hydrogens (tertiary/aromatic N) is 2.